The number of fused-ring (bicyclic) bond motifs is 1. The summed E-state index contributed by atoms with van der Waals surface area (Å²) in [5.74, 6) is 0.595. The summed E-state index contributed by atoms with van der Waals surface area (Å²) in [6.07, 6.45) is 0. The number of nitrogens with one attached hydrogen (secondary N) is 1. The zero-order valence-corrected chi connectivity index (χ0v) is 8.02. The highest BCUT2D eigenvalue weighted by Crippen LogP contribution is 2.36. The van der Waals surface area contributed by atoms with Crippen LogP contribution in [0.4, 0.5) is 5.69 Å². The molecule has 64 valence electrons. The molecule has 1 aromatic rings. The van der Waals surface area contributed by atoms with Crippen LogP contribution in [0.1, 0.15) is 25.3 Å². The lowest BCUT2D eigenvalue weighted by atomic mass is 9.99. The standard InChI is InChI=1S/C10H12ClN/c1-6-7(2)12-10-5-8(11)3-4-9(6)10/h3-7,12H,1-2H3. The second kappa shape index (κ2) is 2.67. The molecule has 0 spiro atoms. The number of anilines is 1. The van der Waals surface area contributed by atoms with Gasteiger partial charge in [-0.2, -0.15) is 0 Å². The quantitative estimate of drug-likeness (QED) is 0.648. The summed E-state index contributed by atoms with van der Waals surface area (Å²) in [4.78, 5) is 0. The van der Waals surface area contributed by atoms with Gasteiger partial charge >= 0.3 is 0 Å². The second-order valence-corrected chi connectivity index (χ2v) is 3.89. The van der Waals surface area contributed by atoms with E-state index in [2.05, 4.69) is 25.2 Å². The van der Waals surface area contributed by atoms with Crippen molar-refractivity contribution < 1.29 is 0 Å². The minimum absolute atomic E-state index is 0.526. The van der Waals surface area contributed by atoms with Crippen molar-refractivity contribution in [1.29, 1.82) is 0 Å². The van der Waals surface area contributed by atoms with Crippen molar-refractivity contribution in [3.63, 3.8) is 0 Å². The van der Waals surface area contributed by atoms with Gasteiger partial charge in [-0.15, -0.1) is 0 Å². The summed E-state index contributed by atoms with van der Waals surface area (Å²) < 4.78 is 0. The molecule has 0 aliphatic carbocycles. The molecule has 12 heavy (non-hydrogen) atoms. The zero-order chi connectivity index (χ0) is 8.72. The predicted molar refractivity (Wildman–Crippen MR) is 53.0 cm³/mol. The number of benzene rings is 1. The van der Waals surface area contributed by atoms with Crippen LogP contribution in [0.3, 0.4) is 0 Å². The van der Waals surface area contributed by atoms with Crippen LogP contribution in [-0.2, 0) is 0 Å². The topological polar surface area (TPSA) is 12.0 Å². The first kappa shape index (κ1) is 7.93. The van der Waals surface area contributed by atoms with Crippen LogP contribution >= 0.6 is 11.6 Å². The Morgan fingerprint density at radius 3 is 2.83 bits per heavy atom. The Balaban J connectivity index is 2.47. The van der Waals surface area contributed by atoms with E-state index in [1.165, 1.54) is 11.3 Å². The summed E-state index contributed by atoms with van der Waals surface area (Å²) in [5.41, 5.74) is 2.58. The van der Waals surface area contributed by atoms with Crippen molar-refractivity contribution >= 4 is 17.3 Å². The molecule has 1 aromatic carbocycles. The molecule has 0 amide bonds. The van der Waals surface area contributed by atoms with Crippen LogP contribution in [0.25, 0.3) is 0 Å². The summed E-state index contributed by atoms with van der Waals surface area (Å²) >= 11 is 5.88. The molecule has 1 nitrogen and oxygen atoms in total. The highest BCUT2D eigenvalue weighted by molar-refractivity contribution is 6.30. The predicted octanol–water partition coefficient (Wildman–Crippen LogP) is 3.26. The fourth-order valence-corrected chi connectivity index (χ4v) is 1.86. The van der Waals surface area contributed by atoms with E-state index in [4.69, 9.17) is 11.6 Å². The first-order chi connectivity index (χ1) is 5.68. The highest BCUT2D eigenvalue weighted by Gasteiger charge is 2.24. The van der Waals surface area contributed by atoms with Crippen molar-refractivity contribution in [1.82, 2.24) is 0 Å². The molecule has 0 aromatic heterocycles. The monoisotopic (exact) mass is 181 g/mol. The fourth-order valence-electron chi connectivity index (χ4n) is 1.69. The van der Waals surface area contributed by atoms with E-state index in [0.717, 1.165) is 5.02 Å². The first-order valence-electron chi connectivity index (χ1n) is 4.24. The normalized spacial score (nSPS) is 26.6. The van der Waals surface area contributed by atoms with Crippen molar-refractivity contribution in [2.45, 2.75) is 25.8 Å². The Labute approximate surface area is 77.7 Å². The molecule has 2 heteroatoms. The lowest BCUT2D eigenvalue weighted by Gasteiger charge is -2.08. The average Bonchev–Trinajstić information content (AvgIpc) is 2.28. The van der Waals surface area contributed by atoms with E-state index in [0.29, 0.717) is 12.0 Å². The Kier molecular flexibility index (Phi) is 1.76. The van der Waals surface area contributed by atoms with Crippen molar-refractivity contribution in [2.75, 3.05) is 5.32 Å². The zero-order valence-electron chi connectivity index (χ0n) is 7.26. The minimum atomic E-state index is 0.526. The molecule has 2 atom stereocenters. The van der Waals surface area contributed by atoms with Gasteiger partial charge in [0, 0.05) is 22.7 Å². The van der Waals surface area contributed by atoms with E-state index in [9.17, 15) is 0 Å². The maximum absolute atomic E-state index is 5.88. The number of rotatable bonds is 0. The van der Waals surface area contributed by atoms with E-state index in [1.54, 1.807) is 0 Å². The van der Waals surface area contributed by atoms with E-state index >= 15 is 0 Å². The van der Waals surface area contributed by atoms with Gasteiger partial charge in [-0.05, 0) is 24.6 Å². The van der Waals surface area contributed by atoms with Gasteiger partial charge in [-0.1, -0.05) is 24.6 Å². The van der Waals surface area contributed by atoms with Crippen molar-refractivity contribution in [3.05, 3.63) is 28.8 Å². The van der Waals surface area contributed by atoms with Gasteiger partial charge in [-0.25, -0.2) is 0 Å². The first-order valence-corrected chi connectivity index (χ1v) is 4.62. The lowest BCUT2D eigenvalue weighted by molar-refractivity contribution is 0.690. The van der Waals surface area contributed by atoms with Crippen LogP contribution in [0.5, 0.6) is 0 Å². The third-order valence-electron chi connectivity index (χ3n) is 2.64. The van der Waals surface area contributed by atoms with Crippen LogP contribution < -0.4 is 5.32 Å². The van der Waals surface area contributed by atoms with E-state index in [1.807, 2.05) is 12.1 Å². The molecule has 1 aliphatic rings. The van der Waals surface area contributed by atoms with E-state index < -0.39 is 0 Å². The van der Waals surface area contributed by atoms with Gasteiger partial charge in [-0.3, -0.25) is 0 Å². The maximum Gasteiger partial charge on any atom is 0.0426 e. The lowest BCUT2D eigenvalue weighted by Crippen LogP contribution is -2.12. The fraction of sp³-hybridized carbons (Fsp3) is 0.400. The summed E-state index contributed by atoms with van der Waals surface area (Å²) in [5, 5.41) is 4.21. The van der Waals surface area contributed by atoms with Gasteiger partial charge in [0.05, 0.1) is 0 Å². The van der Waals surface area contributed by atoms with Crippen molar-refractivity contribution in [2.24, 2.45) is 0 Å². The minimum Gasteiger partial charge on any atom is -0.382 e. The second-order valence-electron chi connectivity index (χ2n) is 3.45. The molecule has 1 heterocycles. The van der Waals surface area contributed by atoms with Crippen molar-refractivity contribution in [3.8, 4) is 0 Å². The Morgan fingerprint density at radius 1 is 1.33 bits per heavy atom. The molecular formula is C10H12ClN. The van der Waals surface area contributed by atoms with Crippen LogP contribution in [0.2, 0.25) is 5.02 Å². The third-order valence-corrected chi connectivity index (χ3v) is 2.87. The number of hydrogen-bond donors (Lipinski definition) is 1. The third kappa shape index (κ3) is 1.09. The van der Waals surface area contributed by atoms with Gasteiger partial charge in [0.15, 0.2) is 0 Å². The molecule has 0 saturated heterocycles. The molecular weight excluding hydrogens is 170 g/mol. The van der Waals surface area contributed by atoms with Gasteiger partial charge < -0.3 is 5.32 Å². The van der Waals surface area contributed by atoms with Crippen LogP contribution in [0.15, 0.2) is 18.2 Å². The number of hydrogen-bond acceptors (Lipinski definition) is 1. The van der Waals surface area contributed by atoms with Crippen LogP contribution in [0, 0.1) is 0 Å². The molecule has 1 aliphatic heterocycles. The highest BCUT2D eigenvalue weighted by atomic mass is 35.5. The van der Waals surface area contributed by atoms with Gasteiger partial charge in [0.25, 0.3) is 0 Å². The summed E-state index contributed by atoms with van der Waals surface area (Å²) in [6, 6.07) is 6.59. The van der Waals surface area contributed by atoms with Gasteiger partial charge in [0.1, 0.15) is 0 Å². The number of halogens is 1. The average molecular weight is 182 g/mol. The Morgan fingerprint density at radius 2 is 2.08 bits per heavy atom. The van der Waals surface area contributed by atoms with Crippen LogP contribution in [-0.4, -0.2) is 6.04 Å². The Hall–Kier alpha value is -0.690. The smallest absolute Gasteiger partial charge is 0.0426 e. The molecule has 0 saturated carbocycles. The molecule has 0 bridgehead atoms. The molecule has 0 radical (unpaired) electrons. The SMILES string of the molecule is CC1Nc2cc(Cl)ccc2C1C. The molecule has 1 N–H and O–H groups in total. The summed E-state index contributed by atoms with van der Waals surface area (Å²) in [7, 11) is 0. The molecule has 2 rings (SSSR count). The van der Waals surface area contributed by atoms with Gasteiger partial charge in [0.2, 0.25) is 0 Å². The molecule has 2 unspecified atom stereocenters. The Bertz CT molecular complexity index is 309. The molecule has 0 fully saturated rings. The largest absolute Gasteiger partial charge is 0.382 e. The maximum atomic E-state index is 5.88. The summed E-state index contributed by atoms with van der Waals surface area (Å²) in [6.45, 7) is 4.43. The van der Waals surface area contributed by atoms with E-state index in [-0.39, 0.29) is 0 Å².